The highest BCUT2D eigenvalue weighted by molar-refractivity contribution is 7.18. The first kappa shape index (κ1) is 19.8. The van der Waals surface area contributed by atoms with Crippen LogP contribution in [0.4, 0.5) is 4.39 Å². The minimum absolute atomic E-state index is 0.0519. The van der Waals surface area contributed by atoms with E-state index in [1.165, 1.54) is 11.3 Å². The fraction of sp³-hybridized carbons (Fsp3) is 0.273. The second-order valence-corrected chi connectivity index (χ2v) is 8.76. The zero-order valence-corrected chi connectivity index (χ0v) is 17.3. The lowest BCUT2D eigenvalue weighted by atomic mass is 10.1. The zero-order chi connectivity index (χ0) is 21.4. The van der Waals surface area contributed by atoms with Crippen molar-refractivity contribution < 1.29 is 18.7 Å². The van der Waals surface area contributed by atoms with Crippen LogP contribution < -0.4 is 5.32 Å². The van der Waals surface area contributed by atoms with E-state index < -0.39 is 5.54 Å². The van der Waals surface area contributed by atoms with Crippen LogP contribution in [-0.2, 0) is 17.6 Å². The number of aliphatic hydroxyl groups excluding tert-OH is 1. The van der Waals surface area contributed by atoms with E-state index in [-0.39, 0.29) is 37.1 Å². The molecule has 1 fully saturated rings. The van der Waals surface area contributed by atoms with Crippen LogP contribution in [0.3, 0.4) is 0 Å². The maximum Gasteiger partial charge on any atom is 0.229 e. The summed E-state index contributed by atoms with van der Waals surface area (Å²) in [7, 11) is 0. The number of fused-ring (bicyclic) bond motifs is 1. The van der Waals surface area contributed by atoms with Crippen molar-refractivity contribution in [1.29, 1.82) is 0 Å². The summed E-state index contributed by atoms with van der Waals surface area (Å²) in [6, 6.07) is 12.9. The molecular formula is C22H19FN4O3S. The van der Waals surface area contributed by atoms with E-state index in [2.05, 4.69) is 20.5 Å². The van der Waals surface area contributed by atoms with E-state index >= 15 is 4.39 Å². The van der Waals surface area contributed by atoms with Crippen molar-refractivity contribution in [1.82, 2.24) is 20.5 Å². The molecule has 2 aromatic heterocycles. The lowest BCUT2D eigenvalue weighted by Crippen LogP contribution is -2.40. The van der Waals surface area contributed by atoms with Crippen molar-refractivity contribution in [3.63, 3.8) is 0 Å². The Labute approximate surface area is 181 Å². The number of aliphatic hydroxyl groups is 1. The Hall–Kier alpha value is -3.17. The number of hydrogen-bond acceptors (Lipinski definition) is 7. The Morgan fingerprint density at radius 2 is 1.94 bits per heavy atom. The van der Waals surface area contributed by atoms with Gasteiger partial charge in [-0.25, -0.2) is 9.37 Å². The quantitative estimate of drug-likeness (QED) is 0.459. The van der Waals surface area contributed by atoms with Crippen LogP contribution in [0.1, 0.15) is 29.6 Å². The summed E-state index contributed by atoms with van der Waals surface area (Å²) in [6.07, 6.45) is 1.74. The predicted molar refractivity (Wildman–Crippen MR) is 113 cm³/mol. The monoisotopic (exact) mass is 438 g/mol. The summed E-state index contributed by atoms with van der Waals surface area (Å²) in [5.41, 5.74) is 1.44. The van der Waals surface area contributed by atoms with Crippen LogP contribution in [0.25, 0.3) is 21.3 Å². The summed E-state index contributed by atoms with van der Waals surface area (Å²) in [6.45, 7) is -0.0754. The van der Waals surface area contributed by atoms with Crippen molar-refractivity contribution in [2.45, 2.75) is 31.2 Å². The molecule has 1 amide bonds. The maximum atomic E-state index is 15.1. The van der Waals surface area contributed by atoms with Gasteiger partial charge in [-0.15, -0.1) is 21.5 Å². The van der Waals surface area contributed by atoms with E-state index in [0.29, 0.717) is 26.7 Å². The van der Waals surface area contributed by atoms with Crippen molar-refractivity contribution >= 4 is 27.5 Å². The molecule has 1 aliphatic rings. The van der Waals surface area contributed by atoms with Crippen LogP contribution in [0, 0.1) is 5.82 Å². The van der Waals surface area contributed by atoms with Gasteiger partial charge >= 0.3 is 0 Å². The highest BCUT2D eigenvalue weighted by Gasteiger charge is 2.43. The lowest BCUT2D eigenvalue weighted by molar-refractivity contribution is -0.122. The Morgan fingerprint density at radius 1 is 1.16 bits per heavy atom. The van der Waals surface area contributed by atoms with Gasteiger partial charge in [0.1, 0.15) is 17.2 Å². The van der Waals surface area contributed by atoms with Gasteiger partial charge in [-0.05, 0) is 30.5 Å². The van der Waals surface area contributed by atoms with E-state index in [1.807, 2.05) is 30.3 Å². The third kappa shape index (κ3) is 4.06. The van der Waals surface area contributed by atoms with Gasteiger partial charge in [-0.2, -0.15) is 0 Å². The van der Waals surface area contributed by atoms with Crippen LogP contribution in [0.5, 0.6) is 0 Å². The largest absolute Gasteiger partial charge is 0.424 e. The maximum absolute atomic E-state index is 15.1. The van der Waals surface area contributed by atoms with Crippen molar-refractivity contribution in [2.24, 2.45) is 0 Å². The molecule has 2 N–H and O–H groups in total. The number of aromatic nitrogens is 3. The van der Waals surface area contributed by atoms with Gasteiger partial charge in [-0.3, -0.25) is 4.79 Å². The second-order valence-electron chi connectivity index (χ2n) is 7.68. The Kier molecular flexibility index (Phi) is 4.99. The Balaban J connectivity index is 1.31. The molecule has 0 radical (unpaired) electrons. The molecule has 9 heteroatoms. The normalized spacial score (nSPS) is 14.6. The number of benzene rings is 2. The highest BCUT2D eigenvalue weighted by Crippen LogP contribution is 2.35. The number of nitrogens with one attached hydrogen (secondary N) is 1. The number of halogens is 1. The number of thiazole rings is 1. The molecule has 4 aromatic rings. The molecule has 1 aliphatic carbocycles. The molecule has 2 heterocycles. The molecule has 0 unspecified atom stereocenters. The van der Waals surface area contributed by atoms with Gasteiger partial charge in [0.25, 0.3) is 0 Å². The minimum Gasteiger partial charge on any atom is -0.424 e. The molecule has 0 saturated heterocycles. The van der Waals surface area contributed by atoms with Gasteiger partial charge in [0.15, 0.2) is 0 Å². The molecule has 31 heavy (non-hydrogen) atoms. The summed E-state index contributed by atoms with van der Waals surface area (Å²) in [5, 5.41) is 20.6. The average molecular weight is 438 g/mol. The summed E-state index contributed by atoms with van der Waals surface area (Å²) < 4.78 is 21.1. The Bertz CT molecular complexity index is 1250. The molecule has 0 aliphatic heterocycles. The first-order valence-corrected chi connectivity index (χ1v) is 10.7. The van der Waals surface area contributed by atoms with Gasteiger partial charge in [-0.1, -0.05) is 30.3 Å². The summed E-state index contributed by atoms with van der Waals surface area (Å²) in [5.74, 6) is -0.0563. The number of carbonyl (C=O) groups excluding carboxylic acids is 1. The standard InChI is InChI=1S/C22H19FN4O3S/c23-20-14(13-4-2-1-3-5-13)6-7-15-21(20)31-19(24-15)11-18-27-26-17(30-18)10-16(29)25-22(12-28)8-9-22/h1-7,28H,8-12H2,(H,25,29). The van der Waals surface area contributed by atoms with Crippen molar-refractivity contribution in [2.75, 3.05) is 6.61 Å². The SMILES string of the molecule is O=C(Cc1nnc(Cc2nc3ccc(-c4ccccc4)c(F)c3s2)o1)NC1(CO)CC1. The van der Waals surface area contributed by atoms with Crippen LogP contribution in [0.2, 0.25) is 0 Å². The topological polar surface area (TPSA) is 101 Å². The molecule has 0 spiro atoms. The van der Waals surface area contributed by atoms with E-state index in [4.69, 9.17) is 4.42 Å². The number of hydrogen-bond donors (Lipinski definition) is 2. The first-order valence-electron chi connectivity index (χ1n) is 9.92. The van der Waals surface area contributed by atoms with Crippen LogP contribution in [0.15, 0.2) is 46.9 Å². The summed E-state index contributed by atoms with van der Waals surface area (Å²) >= 11 is 1.25. The van der Waals surface area contributed by atoms with Crippen molar-refractivity contribution in [3.8, 4) is 11.1 Å². The smallest absolute Gasteiger partial charge is 0.229 e. The van der Waals surface area contributed by atoms with Crippen molar-refractivity contribution in [3.05, 3.63) is 65.1 Å². The number of carbonyl (C=O) groups is 1. The Morgan fingerprint density at radius 3 is 2.68 bits per heavy atom. The van der Waals surface area contributed by atoms with E-state index in [0.717, 1.165) is 18.4 Å². The third-order valence-electron chi connectivity index (χ3n) is 5.31. The molecule has 5 rings (SSSR count). The third-order valence-corrected chi connectivity index (χ3v) is 6.37. The molecule has 0 atom stereocenters. The predicted octanol–water partition coefficient (Wildman–Crippen LogP) is 3.26. The highest BCUT2D eigenvalue weighted by atomic mass is 32.1. The molecule has 0 bridgehead atoms. The molecule has 1 saturated carbocycles. The molecule has 7 nitrogen and oxygen atoms in total. The number of nitrogens with zero attached hydrogens (tertiary/aromatic N) is 3. The van der Waals surface area contributed by atoms with Crippen LogP contribution >= 0.6 is 11.3 Å². The number of amides is 1. The fourth-order valence-corrected chi connectivity index (χ4v) is 4.43. The van der Waals surface area contributed by atoms with E-state index in [1.54, 1.807) is 12.1 Å². The van der Waals surface area contributed by atoms with Gasteiger partial charge < -0.3 is 14.8 Å². The van der Waals surface area contributed by atoms with Gasteiger partial charge in [0, 0.05) is 5.56 Å². The zero-order valence-electron chi connectivity index (χ0n) is 16.5. The average Bonchev–Trinajstić information content (AvgIpc) is 3.20. The molecule has 158 valence electrons. The second kappa shape index (κ2) is 7.82. The number of rotatable bonds is 7. The first-order chi connectivity index (χ1) is 15.0. The van der Waals surface area contributed by atoms with E-state index in [9.17, 15) is 9.90 Å². The van der Waals surface area contributed by atoms with Gasteiger partial charge in [0.05, 0.1) is 28.8 Å². The molecule has 2 aromatic carbocycles. The van der Waals surface area contributed by atoms with Crippen LogP contribution in [-0.4, -0.2) is 38.3 Å². The molecular weight excluding hydrogens is 419 g/mol. The minimum atomic E-state index is -0.483. The fourth-order valence-electron chi connectivity index (χ4n) is 3.43. The summed E-state index contributed by atoms with van der Waals surface area (Å²) in [4.78, 5) is 16.6. The lowest BCUT2D eigenvalue weighted by Gasteiger charge is -2.12. The van der Waals surface area contributed by atoms with Gasteiger partial charge in [0.2, 0.25) is 17.7 Å².